The largest absolute Gasteiger partial charge is 0.392 e. The molecule has 2 aromatic rings. The first-order valence-corrected chi connectivity index (χ1v) is 7.41. The van der Waals surface area contributed by atoms with Crippen molar-refractivity contribution in [2.24, 2.45) is 0 Å². The van der Waals surface area contributed by atoms with Crippen molar-refractivity contribution in [1.29, 1.82) is 0 Å². The molecule has 0 unspecified atom stereocenters. The van der Waals surface area contributed by atoms with Gasteiger partial charge in [-0.1, -0.05) is 24.3 Å². The smallest absolute Gasteiger partial charge is 0.268 e. The van der Waals surface area contributed by atoms with Gasteiger partial charge in [-0.3, -0.25) is 4.79 Å². The molecule has 2 N–H and O–H groups in total. The number of rotatable bonds is 5. The first-order valence-electron chi connectivity index (χ1n) is 7.41. The van der Waals surface area contributed by atoms with E-state index < -0.39 is 0 Å². The number of benzene rings is 1. The van der Waals surface area contributed by atoms with E-state index in [0.717, 1.165) is 29.7 Å². The molecule has 4 nitrogen and oxygen atoms in total. The fourth-order valence-electron chi connectivity index (χ4n) is 2.60. The lowest BCUT2D eigenvalue weighted by atomic mass is 9.93. The van der Waals surface area contributed by atoms with E-state index in [1.807, 2.05) is 42.6 Å². The van der Waals surface area contributed by atoms with E-state index in [2.05, 4.69) is 9.88 Å². The van der Waals surface area contributed by atoms with Crippen molar-refractivity contribution in [3.8, 4) is 0 Å². The quantitative estimate of drug-likeness (QED) is 0.887. The van der Waals surface area contributed by atoms with Crippen LogP contribution in [-0.2, 0) is 13.2 Å². The molecular formula is C17H20N2O2. The van der Waals surface area contributed by atoms with Crippen LogP contribution < -0.4 is 5.32 Å². The van der Waals surface area contributed by atoms with Crippen LogP contribution in [0.15, 0.2) is 42.6 Å². The van der Waals surface area contributed by atoms with E-state index in [-0.39, 0.29) is 12.5 Å². The third-order valence-electron chi connectivity index (χ3n) is 4.14. The number of aliphatic hydroxyl groups excluding tert-OH is 1. The molecule has 0 aliphatic heterocycles. The molecule has 0 radical (unpaired) electrons. The van der Waals surface area contributed by atoms with Gasteiger partial charge in [0.15, 0.2) is 0 Å². The molecule has 1 aromatic carbocycles. The standard InChI is InChI=1S/C17H20N2O2/c20-12-14-8-6-13(7-9-14)11-18-17(21)16-5-2-10-19(16)15-3-1-4-15/h2,5-10,15,20H,1,3-4,11-12H2,(H,18,21). The topological polar surface area (TPSA) is 54.3 Å². The predicted octanol–water partition coefficient (Wildman–Crippen LogP) is 2.64. The number of nitrogens with one attached hydrogen (secondary N) is 1. The zero-order valence-corrected chi connectivity index (χ0v) is 12.0. The van der Waals surface area contributed by atoms with E-state index in [1.54, 1.807) is 0 Å². The van der Waals surface area contributed by atoms with E-state index in [1.165, 1.54) is 6.42 Å². The lowest BCUT2D eigenvalue weighted by Crippen LogP contribution is -2.28. The Balaban J connectivity index is 1.62. The molecule has 0 saturated heterocycles. The zero-order valence-electron chi connectivity index (χ0n) is 12.0. The SMILES string of the molecule is O=C(NCc1ccc(CO)cc1)c1cccn1C1CCC1. The monoisotopic (exact) mass is 284 g/mol. The Morgan fingerprint density at radius 2 is 1.90 bits per heavy atom. The summed E-state index contributed by atoms with van der Waals surface area (Å²) < 4.78 is 2.09. The minimum atomic E-state index is -0.0295. The Kier molecular flexibility index (Phi) is 4.06. The van der Waals surface area contributed by atoms with Gasteiger partial charge < -0.3 is 15.0 Å². The van der Waals surface area contributed by atoms with Crippen molar-refractivity contribution in [2.75, 3.05) is 0 Å². The van der Waals surface area contributed by atoms with Gasteiger partial charge in [0, 0.05) is 18.8 Å². The van der Waals surface area contributed by atoms with Gasteiger partial charge in [-0.05, 0) is 42.5 Å². The summed E-state index contributed by atoms with van der Waals surface area (Å²) in [5.74, 6) is -0.0295. The average Bonchev–Trinajstić information content (AvgIpc) is 2.92. The van der Waals surface area contributed by atoms with Gasteiger partial charge in [-0.25, -0.2) is 0 Å². The van der Waals surface area contributed by atoms with Crippen molar-refractivity contribution in [1.82, 2.24) is 9.88 Å². The predicted molar refractivity (Wildman–Crippen MR) is 80.9 cm³/mol. The van der Waals surface area contributed by atoms with Crippen LogP contribution in [0, 0.1) is 0 Å². The Morgan fingerprint density at radius 1 is 1.19 bits per heavy atom. The highest BCUT2D eigenvalue weighted by molar-refractivity contribution is 5.92. The number of hydrogen-bond donors (Lipinski definition) is 2. The van der Waals surface area contributed by atoms with Crippen LogP contribution in [0.2, 0.25) is 0 Å². The van der Waals surface area contributed by atoms with Crippen molar-refractivity contribution in [3.05, 3.63) is 59.4 Å². The van der Waals surface area contributed by atoms with E-state index in [0.29, 0.717) is 12.6 Å². The van der Waals surface area contributed by atoms with Crippen LogP contribution in [-0.4, -0.2) is 15.6 Å². The molecule has 1 aliphatic rings. The average molecular weight is 284 g/mol. The van der Waals surface area contributed by atoms with Crippen LogP contribution in [0.5, 0.6) is 0 Å². The second kappa shape index (κ2) is 6.14. The Hall–Kier alpha value is -2.07. The molecule has 0 bridgehead atoms. The summed E-state index contributed by atoms with van der Waals surface area (Å²) in [6, 6.07) is 11.9. The maximum Gasteiger partial charge on any atom is 0.268 e. The molecule has 0 spiro atoms. The Labute approximate surface area is 124 Å². The second-order valence-corrected chi connectivity index (χ2v) is 5.54. The summed E-state index contributed by atoms with van der Waals surface area (Å²) in [7, 11) is 0. The molecule has 0 atom stereocenters. The van der Waals surface area contributed by atoms with Gasteiger partial charge in [0.1, 0.15) is 5.69 Å². The van der Waals surface area contributed by atoms with Gasteiger partial charge in [0.25, 0.3) is 5.91 Å². The summed E-state index contributed by atoms with van der Waals surface area (Å²) in [5, 5.41) is 12.0. The number of carbonyl (C=O) groups is 1. The fraction of sp³-hybridized carbons (Fsp3) is 0.353. The van der Waals surface area contributed by atoms with Gasteiger partial charge in [-0.2, -0.15) is 0 Å². The highest BCUT2D eigenvalue weighted by Crippen LogP contribution is 2.32. The van der Waals surface area contributed by atoms with Crippen molar-refractivity contribution in [3.63, 3.8) is 0 Å². The summed E-state index contributed by atoms with van der Waals surface area (Å²) in [6.07, 6.45) is 5.57. The Bertz CT molecular complexity index is 612. The molecule has 1 aromatic heterocycles. The summed E-state index contributed by atoms with van der Waals surface area (Å²) in [4.78, 5) is 12.3. The van der Waals surface area contributed by atoms with Crippen molar-refractivity contribution in [2.45, 2.75) is 38.5 Å². The summed E-state index contributed by atoms with van der Waals surface area (Å²) >= 11 is 0. The minimum Gasteiger partial charge on any atom is -0.392 e. The number of carbonyl (C=O) groups excluding carboxylic acids is 1. The second-order valence-electron chi connectivity index (χ2n) is 5.54. The Morgan fingerprint density at radius 3 is 2.52 bits per heavy atom. The van der Waals surface area contributed by atoms with Crippen LogP contribution in [0.1, 0.15) is 46.9 Å². The van der Waals surface area contributed by atoms with Crippen molar-refractivity contribution >= 4 is 5.91 Å². The number of amides is 1. The van der Waals surface area contributed by atoms with E-state index in [9.17, 15) is 4.79 Å². The molecule has 3 rings (SSSR count). The van der Waals surface area contributed by atoms with Gasteiger partial charge >= 0.3 is 0 Å². The van der Waals surface area contributed by atoms with Crippen molar-refractivity contribution < 1.29 is 9.90 Å². The normalized spacial score (nSPS) is 14.7. The molecular weight excluding hydrogens is 264 g/mol. The lowest BCUT2D eigenvalue weighted by molar-refractivity contribution is 0.0935. The number of aromatic nitrogens is 1. The van der Waals surface area contributed by atoms with Gasteiger partial charge in [-0.15, -0.1) is 0 Å². The number of nitrogens with zero attached hydrogens (tertiary/aromatic N) is 1. The molecule has 1 amide bonds. The fourth-order valence-corrected chi connectivity index (χ4v) is 2.60. The van der Waals surface area contributed by atoms with Crippen LogP contribution in [0.3, 0.4) is 0 Å². The molecule has 1 saturated carbocycles. The molecule has 1 fully saturated rings. The first-order chi connectivity index (χ1) is 10.3. The third-order valence-corrected chi connectivity index (χ3v) is 4.14. The van der Waals surface area contributed by atoms with Gasteiger partial charge in [0.2, 0.25) is 0 Å². The minimum absolute atomic E-state index is 0.0295. The summed E-state index contributed by atoms with van der Waals surface area (Å²) in [5.41, 5.74) is 2.65. The molecule has 4 heteroatoms. The maximum atomic E-state index is 12.3. The highest BCUT2D eigenvalue weighted by atomic mass is 16.3. The van der Waals surface area contributed by atoms with Gasteiger partial charge in [0.05, 0.1) is 6.61 Å². The van der Waals surface area contributed by atoms with Crippen LogP contribution >= 0.6 is 0 Å². The number of hydrogen-bond acceptors (Lipinski definition) is 2. The third kappa shape index (κ3) is 3.00. The molecule has 1 heterocycles. The molecule has 1 aliphatic carbocycles. The zero-order chi connectivity index (χ0) is 14.7. The van der Waals surface area contributed by atoms with Crippen LogP contribution in [0.25, 0.3) is 0 Å². The summed E-state index contributed by atoms with van der Waals surface area (Å²) in [6.45, 7) is 0.544. The lowest BCUT2D eigenvalue weighted by Gasteiger charge is -2.28. The first kappa shape index (κ1) is 13.9. The van der Waals surface area contributed by atoms with E-state index >= 15 is 0 Å². The number of aliphatic hydroxyl groups is 1. The van der Waals surface area contributed by atoms with Crippen LogP contribution in [0.4, 0.5) is 0 Å². The molecule has 110 valence electrons. The van der Waals surface area contributed by atoms with E-state index in [4.69, 9.17) is 5.11 Å². The molecule has 21 heavy (non-hydrogen) atoms. The highest BCUT2D eigenvalue weighted by Gasteiger charge is 2.22. The maximum absolute atomic E-state index is 12.3.